The van der Waals surface area contributed by atoms with Crippen LogP contribution < -0.4 is 5.32 Å². The molecule has 1 aliphatic heterocycles. The average Bonchev–Trinajstić information content (AvgIpc) is 2.42. The molecule has 0 aliphatic carbocycles. The Morgan fingerprint density at radius 3 is 2.63 bits per heavy atom. The van der Waals surface area contributed by atoms with Gasteiger partial charge in [0.15, 0.2) is 0 Å². The smallest absolute Gasteiger partial charge is 0.224 e. The summed E-state index contributed by atoms with van der Waals surface area (Å²) in [4.78, 5) is 13.7. The summed E-state index contributed by atoms with van der Waals surface area (Å²) >= 11 is 0. The van der Waals surface area contributed by atoms with E-state index in [0.717, 1.165) is 32.0 Å². The summed E-state index contributed by atoms with van der Waals surface area (Å²) in [6.07, 6.45) is 3.64. The van der Waals surface area contributed by atoms with Crippen LogP contribution in [0.3, 0.4) is 0 Å². The van der Waals surface area contributed by atoms with Crippen molar-refractivity contribution in [1.82, 2.24) is 4.90 Å². The molecule has 1 fully saturated rings. The van der Waals surface area contributed by atoms with Gasteiger partial charge in [-0.15, -0.1) is 0 Å². The zero-order valence-electron chi connectivity index (χ0n) is 10.8. The molecule has 1 aliphatic rings. The highest BCUT2D eigenvalue weighted by Gasteiger charge is 2.15. The van der Waals surface area contributed by atoms with Crippen LogP contribution >= 0.6 is 0 Å². The normalized spacial score (nSPS) is 15.4. The number of piperidine rings is 1. The van der Waals surface area contributed by atoms with Crippen molar-refractivity contribution >= 4 is 11.6 Å². The average molecular weight is 268 g/mol. The first-order valence-electron chi connectivity index (χ1n) is 6.63. The highest BCUT2D eigenvalue weighted by atomic mass is 19.1. The Labute approximate surface area is 111 Å². The number of halogens is 2. The van der Waals surface area contributed by atoms with E-state index >= 15 is 0 Å². The van der Waals surface area contributed by atoms with Gasteiger partial charge in [-0.1, -0.05) is 0 Å². The molecule has 0 unspecified atom stereocenters. The molecule has 1 heterocycles. The van der Waals surface area contributed by atoms with Gasteiger partial charge in [-0.3, -0.25) is 4.79 Å². The van der Waals surface area contributed by atoms with Crippen molar-refractivity contribution in [3.05, 3.63) is 29.8 Å². The van der Waals surface area contributed by atoms with Crippen molar-refractivity contribution in [2.45, 2.75) is 25.7 Å². The highest BCUT2D eigenvalue weighted by Crippen LogP contribution is 2.15. The number of benzene rings is 1. The molecule has 1 amide bonds. The Hall–Kier alpha value is -1.65. The van der Waals surface area contributed by atoms with Crippen molar-refractivity contribution in [3.8, 4) is 0 Å². The maximum absolute atomic E-state index is 13.3. The van der Waals surface area contributed by atoms with E-state index in [0.29, 0.717) is 13.0 Å². The topological polar surface area (TPSA) is 32.3 Å². The largest absolute Gasteiger partial charge is 0.382 e. The lowest BCUT2D eigenvalue weighted by atomic mass is 10.1. The fraction of sp³-hybridized carbons (Fsp3) is 0.500. The number of nitrogens with zero attached hydrogens (tertiary/aromatic N) is 1. The fourth-order valence-corrected chi connectivity index (χ4v) is 2.24. The third kappa shape index (κ3) is 3.91. The van der Waals surface area contributed by atoms with E-state index in [-0.39, 0.29) is 11.6 Å². The highest BCUT2D eigenvalue weighted by molar-refractivity contribution is 5.76. The summed E-state index contributed by atoms with van der Waals surface area (Å²) < 4.78 is 26.0. The molecule has 19 heavy (non-hydrogen) atoms. The second-order valence-electron chi connectivity index (χ2n) is 4.74. The van der Waals surface area contributed by atoms with Crippen LogP contribution in [-0.2, 0) is 4.79 Å². The number of rotatable bonds is 4. The van der Waals surface area contributed by atoms with Crippen LogP contribution in [0.25, 0.3) is 0 Å². The third-order valence-electron chi connectivity index (χ3n) is 3.29. The minimum Gasteiger partial charge on any atom is -0.382 e. The number of nitrogens with one attached hydrogen (secondary N) is 1. The molecule has 0 atom stereocenters. The van der Waals surface area contributed by atoms with Crippen LogP contribution in [0.2, 0.25) is 0 Å². The Bertz CT molecular complexity index is 445. The first-order chi connectivity index (χ1) is 9.16. The van der Waals surface area contributed by atoms with E-state index in [1.54, 1.807) is 0 Å². The Kier molecular flexibility index (Phi) is 4.71. The number of hydrogen-bond donors (Lipinski definition) is 1. The standard InChI is InChI=1S/C14H18F2N2O/c15-11-4-5-13(12(16)10-11)17-7-6-14(19)18-8-2-1-3-9-18/h4-5,10,17H,1-3,6-9H2. The minimum atomic E-state index is -0.634. The lowest BCUT2D eigenvalue weighted by molar-refractivity contribution is -0.131. The first kappa shape index (κ1) is 13.8. The number of carbonyl (C=O) groups is 1. The summed E-state index contributed by atoms with van der Waals surface area (Å²) in [6.45, 7) is 2.01. The lowest BCUT2D eigenvalue weighted by Crippen LogP contribution is -2.36. The number of hydrogen-bond acceptors (Lipinski definition) is 2. The van der Waals surface area contributed by atoms with Gasteiger partial charge in [-0.05, 0) is 31.4 Å². The number of likely N-dealkylation sites (tertiary alicyclic amines) is 1. The molecule has 0 aromatic heterocycles. The fourth-order valence-electron chi connectivity index (χ4n) is 2.24. The molecular weight excluding hydrogens is 250 g/mol. The summed E-state index contributed by atoms with van der Waals surface area (Å²) in [5, 5.41) is 2.82. The van der Waals surface area contributed by atoms with Gasteiger partial charge < -0.3 is 10.2 Å². The van der Waals surface area contributed by atoms with E-state index < -0.39 is 11.6 Å². The summed E-state index contributed by atoms with van der Waals surface area (Å²) in [5.74, 6) is -1.15. The zero-order valence-corrected chi connectivity index (χ0v) is 10.8. The van der Waals surface area contributed by atoms with Crippen molar-refractivity contribution in [2.24, 2.45) is 0 Å². The van der Waals surface area contributed by atoms with Gasteiger partial charge in [0.2, 0.25) is 5.91 Å². The second kappa shape index (κ2) is 6.50. The molecular formula is C14H18F2N2O. The summed E-state index contributed by atoms with van der Waals surface area (Å²) in [5.41, 5.74) is 0.229. The van der Waals surface area contributed by atoms with Gasteiger partial charge in [0, 0.05) is 32.1 Å². The van der Waals surface area contributed by atoms with Crippen LogP contribution in [0, 0.1) is 11.6 Å². The monoisotopic (exact) mass is 268 g/mol. The van der Waals surface area contributed by atoms with Crippen molar-refractivity contribution in [1.29, 1.82) is 0 Å². The van der Waals surface area contributed by atoms with Crippen LogP contribution in [-0.4, -0.2) is 30.4 Å². The molecule has 5 heteroatoms. The molecule has 0 saturated carbocycles. The van der Waals surface area contributed by atoms with Crippen LogP contribution in [0.4, 0.5) is 14.5 Å². The Balaban J connectivity index is 1.78. The van der Waals surface area contributed by atoms with Crippen molar-refractivity contribution in [3.63, 3.8) is 0 Å². The van der Waals surface area contributed by atoms with E-state index in [1.165, 1.54) is 18.6 Å². The summed E-state index contributed by atoms with van der Waals surface area (Å²) in [6, 6.07) is 3.36. The molecule has 3 nitrogen and oxygen atoms in total. The number of amides is 1. The molecule has 0 radical (unpaired) electrons. The van der Waals surface area contributed by atoms with E-state index in [2.05, 4.69) is 5.32 Å². The quantitative estimate of drug-likeness (QED) is 0.910. The predicted molar refractivity (Wildman–Crippen MR) is 69.9 cm³/mol. The number of anilines is 1. The maximum Gasteiger partial charge on any atom is 0.224 e. The number of carbonyl (C=O) groups excluding carboxylic acids is 1. The zero-order chi connectivity index (χ0) is 13.7. The summed E-state index contributed by atoms with van der Waals surface area (Å²) in [7, 11) is 0. The van der Waals surface area contributed by atoms with Gasteiger partial charge in [0.05, 0.1) is 5.69 Å². The minimum absolute atomic E-state index is 0.0923. The molecule has 104 valence electrons. The molecule has 1 N–H and O–H groups in total. The van der Waals surface area contributed by atoms with Crippen molar-refractivity contribution in [2.75, 3.05) is 25.0 Å². The van der Waals surface area contributed by atoms with Crippen LogP contribution in [0.5, 0.6) is 0 Å². The van der Waals surface area contributed by atoms with Crippen molar-refractivity contribution < 1.29 is 13.6 Å². The predicted octanol–water partition coefficient (Wildman–Crippen LogP) is 2.78. The molecule has 0 spiro atoms. The van der Waals surface area contributed by atoms with Gasteiger partial charge in [0.1, 0.15) is 11.6 Å². The SMILES string of the molecule is O=C(CCNc1ccc(F)cc1F)N1CCCCC1. The molecule has 1 aromatic rings. The van der Waals surface area contributed by atoms with E-state index in [9.17, 15) is 13.6 Å². The molecule has 1 saturated heterocycles. The van der Waals surface area contributed by atoms with Gasteiger partial charge in [-0.25, -0.2) is 8.78 Å². The second-order valence-corrected chi connectivity index (χ2v) is 4.74. The van der Waals surface area contributed by atoms with Gasteiger partial charge >= 0.3 is 0 Å². The first-order valence-corrected chi connectivity index (χ1v) is 6.63. The van der Waals surface area contributed by atoms with Crippen LogP contribution in [0.1, 0.15) is 25.7 Å². The Morgan fingerprint density at radius 2 is 1.95 bits per heavy atom. The lowest BCUT2D eigenvalue weighted by Gasteiger charge is -2.26. The molecule has 0 bridgehead atoms. The maximum atomic E-state index is 13.3. The molecule has 1 aromatic carbocycles. The van der Waals surface area contributed by atoms with Crippen LogP contribution in [0.15, 0.2) is 18.2 Å². The van der Waals surface area contributed by atoms with E-state index in [4.69, 9.17) is 0 Å². The molecule has 2 rings (SSSR count). The Morgan fingerprint density at radius 1 is 1.21 bits per heavy atom. The van der Waals surface area contributed by atoms with Gasteiger partial charge in [0.25, 0.3) is 0 Å². The third-order valence-corrected chi connectivity index (χ3v) is 3.29. The van der Waals surface area contributed by atoms with E-state index in [1.807, 2.05) is 4.90 Å². The van der Waals surface area contributed by atoms with Gasteiger partial charge in [-0.2, -0.15) is 0 Å².